The first-order valence-electron chi connectivity index (χ1n) is 5.03. The van der Waals surface area contributed by atoms with Crippen LogP contribution in [0.5, 0.6) is 0 Å². The molecule has 15 heavy (non-hydrogen) atoms. The molecule has 0 saturated carbocycles. The van der Waals surface area contributed by atoms with Crippen LogP contribution in [0.15, 0.2) is 4.52 Å². The van der Waals surface area contributed by atoms with E-state index in [0.29, 0.717) is 11.9 Å². The molecule has 0 aliphatic carbocycles. The van der Waals surface area contributed by atoms with Crippen LogP contribution in [0.4, 0.5) is 0 Å². The highest BCUT2D eigenvalue weighted by Gasteiger charge is 2.25. The molecule has 1 aromatic rings. The van der Waals surface area contributed by atoms with Crippen molar-refractivity contribution in [3.05, 3.63) is 11.7 Å². The summed E-state index contributed by atoms with van der Waals surface area (Å²) in [5.74, 6) is 0.0853. The largest absolute Gasteiger partial charge is 0.363 e. The van der Waals surface area contributed by atoms with Crippen LogP contribution in [-0.4, -0.2) is 28.6 Å². The normalized spacial score (nSPS) is 26.5. The van der Waals surface area contributed by atoms with Crippen molar-refractivity contribution in [3.8, 4) is 0 Å². The number of primary amides is 1. The molecule has 2 heterocycles. The van der Waals surface area contributed by atoms with Gasteiger partial charge in [-0.25, -0.2) is 0 Å². The summed E-state index contributed by atoms with van der Waals surface area (Å²) in [6, 6.07) is 0.438. The molecule has 2 atom stereocenters. The number of hydrogen-bond donors (Lipinski definition) is 2. The Balaban J connectivity index is 2.11. The molecule has 0 spiro atoms. The van der Waals surface area contributed by atoms with Gasteiger partial charge in [-0.05, 0) is 26.3 Å². The zero-order valence-corrected chi connectivity index (χ0v) is 8.56. The zero-order chi connectivity index (χ0) is 10.8. The number of piperidine rings is 1. The number of aromatic nitrogens is 2. The third-order valence-corrected chi connectivity index (χ3v) is 2.64. The summed E-state index contributed by atoms with van der Waals surface area (Å²) in [6.45, 7) is 3.04. The maximum absolute atomic E-state index is 10.8. The molecular weight excluding hydrogens is 196 g/mol. The molecule has 1 aliphatic heterocycles. The van der Waals surface area contributed by atoms with Crippen LogP contribution in [0, 0.1) is 0 Å². The van der Waals surface area contributed by atoms with Crippen molar-refractivity contribution in [2.24, 2.45) is 5.73 Å². The molecule has 1 amide bonds. The van der Waals surface area contributed by atoms with Gasteiger partial charge in [0.05, 0.1) is 0 Å². The van der Waals surface area contributed by atoms with Crippen LogP contribution in [0.1, 0.15) is 42.2 Å². The Hall–Kier alpha value is -1.43. The first kappa shape index (κ1) is 10.1. The van der Waals surface area contributed by atoms with E-state index in [1.807, 2.05) is 0 Å². The molecule has 1 saturated heterocycles. The fourth-order valence-corrected chi connectivity index (χ4v) is 1.86. The smallest absolute Gasteiger partial charge is 0.290 e. The van der Waals surface area contributed by atoms with Crippen molar-refractivity contribution >= 4 is 5.91 Å². The third kappa shape index (κ3) is 2.15. The second-order valence-corrected chi connectivity index (χ2v) is 3.90. The van der Waals surface area contributed by atoms with Gasteiger partial charge in [0.25, 0.3) is 11.7 Å². The van der Waals surface area contributed by atoms with Crippen LogP contribution >= 0.6 is 0 Å². The van der Waals surface area contributed by atoms with E-state index in [0.717, 1.165) is 19.4 Å². The number of rotatable bonds is 2. The van der Waals surface area contributed by atoms with Crippen LogP contribution in [0.2, 0.25) is 0 Å². The highest BCUT2D eigenvalue weighted by atomic mass is 16.5. The lowest BCUT2D eigenvalue weighted by atomic mass is 9.93. The molecule has 0 aromatic carbocycles. The fourth-order valence-electron chi connectivity index (χ4n) is 1.86. The van der Waals surface area contributed by atoms with E-state index in [4.69, 9.17) is 10.3 Å². The van der Waals surface area contributed by atoms with Gasteiger partial charge < -0.3 is 15.6 Å². The summed E-state index contributed by atoms with van der Waals surface area (Å²) in [4.78, 5) is 14.8. The van der Waals surface area contributed by atoms with Crippen molar-refractivity contribution in [2.45, 2.75) is 31.7 Å². The van der Waals surface area contributed by atoms with Crippen LogP contribution in [-0.2, 0) is 0 Å². The topological polar surface area (TPSA) is 94.0 Å². The van der Waals surface area contributed by atoms with Gasteiger partial charge in [-0.3, -0.25) is 4.79 Å². The van der Waals surface area contributed by atoms with Gasteiger partial charge in [0.15, 0.2) is 0 Å². The van der Waals surface area contributed by atoms with E-state index < -0.39 is 5.91 Å². The van der Waals surface area contributed by atoms with Gasteiger partial charge in [0, 0.05) is 12.0 Å². The molecule has 1 aliphatic rings. The molecule has 2 rings (SSSR count). The summed E-state index contributed by atoms with van der Waals surface area (Å²) in [5, 5.41) is 6.86. The molecular formula is C9H14N4O2. The van der Waals surface area contributed by atoms with E-state index in [2.05, 4.69) is 22.4 Å². The average molecular weight is 210 g/mol. The van der Waals surface area contributed by atoms with Crippen molar-refractivity contribution < 1.29 is 9.32 Å². The number of nitrogens with two attached hydrogens (primary N) is 1. The van der Waals surface area contributed by atoms with Gasteiger partial charge in [-0.2, -0.15) is 4.98 Å². The number of hydrogen-bond acceptors (Lipinski definition) is 5. The standard InChI is InChI=1S/C9H14N4O2/c1-5-4-6(2-3-11-5)9-12-8(7(10)14)13-15-9/h5-6,11H,2-4H2,1H3,(H2,10,14). The van der Waals surface area contributed by atoms with Crippen LogP contribution < -0.4 is 11.1 Å². The molecule has 6 nitrogen and oxygen atoms in total. The Bertz CT molecular complexity index is 363. The predicted octanol–water partition coefficient (Wildman–Crippen LogP) is 0.0240. The summed E-state index contributed by atoms with van der Waals surface area (Å²) in [5.41, 5.74) is 5.05. The zero-order valence-electron chi connectivity index (χ0n) is 8.56. The monoisotopic (exact) mass is 210 g/mol. The molecule has 1 aromatic heterocycles. The van der Waals surface area contributed by atoms with Crippen LogP contribution in [0.25, 0.3) is 0 Å². The minimum atomic E-state index is -0.646. The van der Waals surface area contributed by atoms with Gasteiger partial charge >= 0.3 is 0 Å². The van der Waals surface area contributed by atoms with Crippen molar-refractivity contribution in [3.63, 3.8) is 0 Å². The summed E-state index contributed by atoms with van der Waals surface area (Å²) in [6.07, 6.45) is 1.89. The molecule has 1 fully saturated rings. The Morgan fingerprint density at radius 1 is 1.67 bits per heavy atom. The minimum Gasteiger partial charge on any atom is -0.363 e. The van der Waals surface area contributed by atoms with E-state index in [1.54, 1.807) is 0 Å². The first-order valence-corrected chi connectivity index (χ1v) is 5.03. The van der Waals surface area contributed by atoms with E-state index >= 15 is 0 Å². The maximum Gasteiger partial charge on any atom is 0.290 e. The highest BCUT2D eigenvalue weighted by molar-refractivity contribution is 5.88. The molecule has 0 radical (unpaired) electrons. The van der Waals surface area contributed by atoms with Gasteiger partial charge in [-0.1, -0.05) is 5.16 Å². The lowest BCUT2D eigenvalue weighted by Gasteiger charge is -2.25. The van der Waals surface area contributed by atoms with E-state index in [9.17, 15) is 4.79 Å². The van der Waals surface area contributed by atoms with Crippen LogP contribution in [0.3, 0.4) is 0 Å². The maximum atomic E-state index is 10.8. The Morgan fingerprint density at radius 3 is 3.07 bits per heavy atom. The number of nitrogens with one attached hydrogen (secondary N) is 1. The van der Waals surface area contributed by atoms with E-state index in [1.165, 1.54) is 0 Å². The van der Waals surface area contributed by atoms with Crippen molar-refractivity contribution in [1.82, 2.24) is 15.5 Å². The molecule has 0 bridgehead atoms. The molecule has 3 N–H and O–H groups in total. The third-order valence-electron chi connectivity index (χ3n) is 2.64. The first-order chi connectivity index (χ1) is 7.16. The average Bonchev–Trinajstić information content (AvgIpc) is 2.66. The Kier molecular flexibility index (Phi) is 2.68. The predicted molar refractivity (Wildman–Crippen MR) is 52.3 cm³/mol. The van der Waals surface area contributed by atoms with Gasteiger partial charge in [0.1, 0.15) is 0 Å². The van der Waals surface area contributed by atoms with Crippen molar-refractivity contribution in [2.75, 3.05) is 6.54 Å². The summed E-state index contributed by atoms with van der Waals surface area (Å²) < 4.78 is 5.02. The number of nitrogens with zero attached hydrogens (tertiary/aromatic N) is 2. The lowest BCUT2D eigenvalue weighted by Crippen LogP contribution is -2.35. The SMILES string of the molecule is CC1CC(c2nc(C(N)=O)no2)CCN1. The molecule has 6 heteroatoms. The fraction of sp³-hybridized carbons (Fsp3) is 0.667. The van der Waals surface area contributed by atoms with Crippen molar-refractivity contribution in [1.29, 1.82) is 0 Å². The van der Waals surface area contributed by atoms with Gasteiger partial charge in [0.2, 0.25) is 5.89 Å². The number of carbonyl (C=O) groups is 1. The van der Waals surface area contributed by atoms with Gasteiger partial charge in [-0.15, -0.1) is 0 Å². The lowest BCUT2D eigenvalue weighted by molar-refractivity contribution is 0.0987. The molecule has 82 valence electrons. The summed E-state index contributed by atoms with van der Waals surface area (Å²) in [7, 11) is 0. The Morgan fingerprint density at radius 2 is 2.47 bits per heavy atom. The second-order valence-electron chi connectivity index (χ2n) is 3.90. The highest BCUT2D eigenvalue weighted by Crippen LogP contribution is 2.25. The Labute approximate surface area is 87.2 Å². The summed E-state index contributed by atoms with van der Waals surface area (Å²) >= 11 is 0. The number of amides is 1. The molecule has 2 unspecified atom stereocenters. The number of carbonyl (C=O) groups excluding carboxylic acids is 1. The second kappa shape index (κ2) is 3.98. The quantitative estimate of drug-likeness (QED) is 0.717. The van der Waals surface area contributed by atoms with E-state index in [-0.39, 0.29) is 11.7 Å². The minimum absolute atomic E-state index is 0.0313.